The zero-order valence-electron chi connectivity index (χ0n) is 10.4. The Morgan fingerprint density at radius 2 is 2.05 bits per heavy atom. The van der Waals surface area contributed by atoms with Gasteiger partial charge in [-0.3, -0.25) is 0 Å². The second-order valence-electron chi connectivity index (χ2n) is 4.68. The molecule has 0 saturated carbocycles. The number of hydrogen-bond donors (Lipinski definition) is 3. The van der Waals surface area contributed by atoms with E-state index in [4.69, 9.17) is 21.8 Å². The van der Waals surface area contributed by atoms with Gasteiger partial charge in [-0.1, -0.05) is 23.7 Å². The van der Waals surface area contributed by atoms with Gasteiger partial charge >= 0.3 is 6.03 Å². The Kier molecular flexibility index (Phi) is 4.63. The number of benzene rings is 1. The minimum absolute atomic E-state index is 0.0669. The third kappa shape index (κ3) is 3.59. The zero-order chi connectivity index (χ0) is 13.8. The molecule has 2 amide bonds. The normalized spacial score (nSPS) is 16.9. The van der Waals surface area contributed by atoms with Crippen LogP contribution in [0.25, 0.3) is 0 Å². The Bertz CT molecular complexity index is 432. The minimum atomic E-state index is -0.905. The summed E-state index contributed by atoms with van der Waals surface area (Å²) >= 11 is 5.82. The van der Waals surface area contributed by atoms with E-state index in [1.807, 2.05) is 24.3 Å². The molecule has 1 fully saturated rings. The van der Waals surface area contributed by atoms with E-state index in [0.29, 0.717) is 24.0 Å². The molecule has 5 nitrogen and oxygen atoms in total. The number of carbonyl (C=O) groups excluding carboxylic acids is 1. The van der Waals surface area contributed by atoms with Crippen LogP contribution in [0.5, 0.6) is 0 Å². The van der Waals surface area contributed by atoms with Crippen molar-refractivity contribution in [2.24, 2.45) is 0 Å². The van der Waals surface area contributed by atoms with Gasteiger partial charge in [-0.05, 0) is 17.7 Å². The molecule has 1 saturated heterocycles. The van der Waals surface area contributed by atoms with Crippen molar-refractivity contribution in [2.45, 2.75) is 12.0 Å². The van der Waals surface area contributed by atoms with Crippen LogP contribution in [0.4, 0.5) is 4.79 Å². The summed E-state index contributed by atoms with van der Waals surface area (Å²) in [5, 5.41) is 21.1. The molecule has 2 rings (SSSR count). The van der Waals surface area contributed by atoms with E-state index >= 15 is 0 Å². The number of rotatable bonds is 4. The Morgan fingerprint density at radius 3 is 2.63 bits per heavy atom. The lowest BCUT2D eigenvalue weighted by Crippen LogP contribution is -2.53. The van der Waals surface area contributed by atoms with Crippen LogP contribution in [0, 0.1) is 0 Å². The fraction of sp³-hybridized carbons (Fsp3) is 0.462. The highest BCUT2D eigenvalue weighted by Gasteiger charge is 2.31. The van der Waals surface area contributed by atoms with Crippen LogP contribution in [0.3, 0.4) is 0 Å². The summed E-state index contributed by atoms with van der Waals surface area (Å²) in [4.78, 5) is 13.3. The number of likely N-dealkylation sites (tertiary alicyclic amines) is 1. The molecule has 0 spiro atoms. The van der Waals surface area contributed by atoms with E-state index in [-0.39, 0.29) is 19.2 Å². The molecule has 1 aliphatic heterocycles. The zero-order valence-corrected chi connectivity index (χ0v) is 11.2. The second-order valence-corrected chi connectivity index (χ2v) is 5.11. The summed E-state index contributed by atoms with van der Waals surface area (Å²) in [6, 6.07) is 7.42. The van der Waals surface area contributed by atoms with E-state index in [2.05, 4.69) is 5.32 Å². The summed E-state index contributed by atoms with van der Waals surface area (Å²) in [5.41, 5.74) is 1.17. The lowest BCUT2D eigenvalue weighted by Gasteiger charge is -2.39. The maximum absolute atomic E-state index is 11.7. The first-order valence-electron chi connectivity index (χ1n) is 6.17. The van der Waals surface area contributed by atoms with Crippen molar-refractivity contribution in [1.82, 2.24) is 10.2 Å². The maximum atomic E-state index is 11.7. The molecule has 1 aliphatic rings. The Labute approximate surface area is 116 Å². The molecule has 19 heavy (non-hydrogen) atoms. The van der Waals surface area contributed by atoms with Crippen LogP contribution in [-0.4, -0.2) is 53.5 Å². The van der Waals surface area contributed by atoms with Crippen LogP contribution in [0.15, 0.2) is 24.3 Å². The predicted octanol–water partition coefficient (Wildman–Crippen LogP) is 0.802. The van der Waals surface area contributed by atoms with Gasteiger partial charge in [0.05, 0.1) is 12.7 Å². The molecule has 0 radical (unpaired) electrons. The molecule has 1 atom stereocenters. The summed E-state index contributed by atoms with van der Waals surface area (Å²) in [6.07, 6.45) is -0.905. The molecule has 0 aromatic heterocycles. The Hall–Kier alpha value is -1.30. The monoisotopic (exact) mass is 284 g/mol. The highest BCUT2D eigenvalue weighted by atomic mass is 35.5. The molecular formula is C13H17ClN2O3. The fourth-order valence-corrected chi connectivity index (χ4v) is 2.10. The highest BCUT2D eigenvalue weighted by Crippen LogP contribution is 2.27. The van der Waals surface area contributed by atoms with E-state index in [0.717, 1.165) is 0 Å². The van der Waals surface area contributed by atoms with Crippen LogP contribution in [0.1, 0.15) is 11.5 Å². The highest BCUT2D eigenvalue weighted by molar-refractivity contribution is 6.30. The molecule has 6 heteroatoms. The first-order valence-corrected chi connectivity index (χ1v) is 6.55. The largest absolute Gasteiger partial charge is 0.394 e. The van der Waals surface area contributed by atoms with Crippen molar-refractivity contribution >= 4 is 17.6 Å². The lowest BCUT2D eigenvalue weighted by molar-refractivity contribution is 0.0908. The lowest BCUT2D eigenvalue weighted by atomic mass is 9.92. The van der Waals surface area contributed by atoms with Gasteiger partial charge in [-0.25, -0.2) is 4.79 Å². The van der Waals surface area contributed by atoms with Crippen LogP contribution < -0.4 is 5.32 Å². The summed E-state index contributed by atoms with van der Waals surface area (Å²) in [6.45, 7) is 1.02. The molecule has 104 valence electrons. The van der Waals surface area contributed by atoms with E-state index in [9.17, 15) is 4.79 Å². The first kappa shape index (κ1) is 14.1. The number of urea groups is 1. The number of halogens is 1. The molecule has 0 unspecified atom stereocenters. The second kappa shape index (κ2) is 6.23. The predicted molar refractivity (Wildman–Crippen MR) is 72.3 cm³/mol. The third-order valence-corrected chi connectivity index (χ3v) is 3.46. The number of nitrogens with zero attached hydrogens (tertiary/aromatic N) is 1. The van der Waals surface area contributed by atoms with Crippen molar-refractivity contribution in [2.75, 3.05) is 26.2 Å². The molecule has 0 aliphatic carbocycles. The molecule has 1 heterocycles. The smallest absolute Gasteiger partial charge is 0.317 e. The number of carbonyl (C=O) groups is 1. The summed E-state index contributed by atoms with van der Waals surface area (Å²) < 4.78 is 0. The number of amides is 2. The van der Waals surface area contributed by atoms with Gasteiger partial charge in [0, 0.05) is 30.6 Å². The molecule has 0 bridgehead atoms. The summed E-state index contributed by atoms with van der Waals surface area (Å²) in [7, 11) is 0. The van der Waals surface area contributed by atoms with Gasteiger partial charge in [-0.2, -0.15) is 0 Å². The fourth-order valence-electron chi connectivity index (χ4n) is 1.97. The number of hydrogen-bond acceptors (Lipinski definition) is 3. The molecule has 1 aromatic carbocycles. The standard InChI is InChI=1S/C13H17ClN2O3/c14-11-3-1-9(2-4-11)10-6-16(7-10)13(19)15-5-12(18)8-17/h1-4,10,12,17-18H,5-8H2,(H,15,19)/t12-/m0/s1. The average Bonchev–Trinajstić information content (AvgIpc) is 2.36. The quantitative estimate of drug-likeness (QED) is 0.766. The average molecular weight is 285 g/mol. The van der Waals surface area contributed by atoms with Crippen LogP contribution >= 0.6 is 11.6 Å². The molecule has 3 N–H and O–H groups in total. The van der Waals surface area contributed by atoms with E-state index < -0.39 is 6.10 Å². The van der Waals surface area contributed by atoms with Crippen molar-refractivity contribution in [3.8, 4) is 0 Å². The summed E-state index contributed by atoms with van der Waals surface area (Å²) in [5.74, 6) is 0.339. The SMILES string of the molecule is O=C(NC[C@H](O)CO)N1CC(c2ccc(Cl)cc2)C1. The van der Waals surface area contributed by atoms with Gasteiger partial charge in [0.2, 0.25) is 0 Å². The van der Waals surface area contributed by atoms with Crippen molar-refractivity contribution in [1.29, 1.82) is 0 Å². The molecular weight excluding hydrogens is 268 g/mol. The Morgan fingerprint density at radius 1 is 1.42 bits per heavy atom. The topological polar surface area (TPSA) is 72.8 Å². The number of aliphatic hydroxyl groups is 2. The number of aliphatic hydroxyl groups excluding tert-OH is 2. The first-order chi connectivity index (χ1) is 9.10. The minimum Gasteiger partial charge on any atom is -0.394 e. The van der Waals surface area contributed by atoms with Gasteiger partial charge in [0.15, 0.2) is 0 Å². The maximum Gasteiger partial charge on any atom is 0.317 e. The third-order valence-electron chi connectivity index (χ3n) is 3.21. The van der Waals surface area contributed by atoms with E-state index in [1.54, 1.807) is 4.90 Å². The van der Waals surface area contributed by atoms with Gasteiger partial charge in [0.1, 0.15) is 0 Å². The van der Waals surface area contributed by atoms with Gasteiger partial charge in [-0.15, -0.1) is 0 Å². The van der Waals surface area contributed by atoms with Gasteiger partial charge in [0.25, 0.3) is 0 Å². The van der Waals surface area contributed by atoms with Crippen LogP contribution in [0.2, 0.25) is 5.02 Å². The van der Waals surface area contributed by atoms with Crippen molar-refractivity contribution in [3.05, 3.63) is 34.9 Å². The van der Waals surface area contributed by atoms with Crippen molar-refractivity contribution < 1.29 is 15.0 Å². The van der Waals surface area contributed by atoms with Crippen molar-refractivity contribution in [3.63, 3.8) is 0 Å². The Balaban J connectivity index is 1.76. The van der Waals surface area contributed by atoms with Crippen LogP contribution in [-0.2, 0) is 0 Å². The molecule has 1 aromatic rings. The van der Waals surface area contributed by atoms with E-state index in [1.165, 1.54) is 5.56 Å². The van der Waals surface area contributed by atoms with Gasteiger partial charge < -0.3 is 20.4 Å². The number of nitrogens with one attached hydrogen (secondary N) is 1.